The quantitative estimate of drug-likeness (QED) is 0.467. The summed E-state index contributed by atoms with van der Waals surface area (Å²) in [4.78, 5) is 9.56. The number of hydrogen-bond acceptors (Lipinski definition) is 5. The molecule has 0 radical (unpaired) electrons. The Kier molecular flexibility index (Phi) is 4.55. The van der Waals surface area contributed by atoms with Crippen LogP contribution in [-0.4, -0.2) is 13.3 Å². The maximum absolute atomic E-state index is 13.2. The second kappa shape index (κ2) is 6.07. The third kappa shape index (κ3) is 3.46. The highest BCUT2D eigenvalue weighted by Crippen LogP contribution is 2.31. The Morgan fingerprint density at radius 1 is 1.09 bits per heavy atom. The average molecular weight is 366 g/mol. The van der Waals surface area contributed by atoms with Crippen LogP contribution in [0, 0.1) is 15.9 Å². The molecule has 0 aliphatic heterocycles. The first-order chi connectivity index (χ1) is 10.2. The molecule has 2 aromatic carbocycles. The molecule has 0 N–H and O–H groups in total. The number of benzene rings is 2. The molecule has 2 rings (SSSR count). The van der Waals surface area contributed by atoms with Crippen molar-refractivity contribution in [2.75, 3.05) is 0 Å². The van der Waals surface area contributed by atoms with Gasteiger partial charge in [-0.15, -0.1) is 0 Å². The third-order valence-electron chi connectivity index (χ3n) is 2.50. The van der Waals surface area contributed by atoms with Crippen LogP contribution in [0.4, 0.5) is 10.1 Å². The van der Waals surface area contributed by atoms with Crippen molar-refractivity contribution in [3.63, 3.8) is 0 Å². The molecule has 0 heterocycles. The Bertz CT molecular complexity index is 857. The normalized spacial score (nSPS) is 11.2. The fraction of sp³-hybridized carbons (Fsp3) is 0. The van der Waals surface area contributed by atoms with E-state index in [-0.39, 0.29) is 14.9 Å². The minimum absolute atomic E-state index is 0.0416. The van der Waals surface area contributed by atoms with Crippen LogP contribution in [-0.2, 0) is 10.1 Å². The van der Waals surface area contributed by atoms with Gasteiger partial charge in [-0.2, -0.15) is 8.42 Å². The fourth-order valence-electron chi connectivity index (χ4n) is 1.50. The highest BCUT2D eigenvalue weighted by molar-refractivity contribution is 7.87. The van der Waals surface area contributed by atoms with Gasteiger partial charge in [-0.3, -0.25) is 10.1 Å². The molecule has 2 aromatic rings. The molecule has 0 bridgehead atoms. The lowest BCUT2D eigenvalue weighted by Gasteiger charge is -2.08. The number of nitro groups is 1. The zero-order valence-electron chi connectivity index (χ0n) is 10.5. The molecule has 0 fully saturated rings. The van der Waals surface area contributed by atoms with Gasteiger partial charge in [0.05, 0.1) is 15.0 Å². The lowest BCUT2D eigenvalue weighted by Crippen LogP contribution is -2.11. The molecule has 0 unspecified atom stereocenters. The van der Waals surface area contributed by atoms with E-state index in [9.17, 15) is 22.9 Å². The van der Waals surface area contributed by atoms with Crippen LogP contribution < -0.4 is 4.18 Å². The van der Waals surface area contributed by atoms with Crippen LogP contribution in [0.25, 0.3) is 0 Å². The smallest absolute Gasteiger partial charge is 0.339 e. The third-order valence-corrected chi connectivity index (χ3v) is 4.47. The van der Waals surface area contributed by atoms with Crippen molar-refractivity contribution in [2.24, 2.45) is 0 Å². The predicted octanol–water partition coefficient (Wildman–Crippen LogP) is 3.81. The van der Waals surface area contributed by atoms with Gasteiger partial charge in [0, 0.05) is 12.1 Å². The molecule has 0 aromatic heterocycles. The second-order valence-electron chi connectivity index (χ2n) is 3.98. The maximum Gasteiger partial charge on any atom is 0.339 e. The first kappa shape index (κ1) is 16.5. The molecule has 0 aliphatic carbocycles. The molecular weight excluding hydrogens is 360 g/mol. The lowest BCUT2D eigenvalue weighted by molar-refractivity contribution is -0.385. The molecule has 0 saturated carbocycles. The van der Waals surface area contributed by atoms with E-state index in [0.717, 1.165) is 24.3 Å². The Morgan fingerprint density at radius 2 is 1.77 bits per heavy atom. The van der Waals surface area contributed by atoms with Crippen LogP contribution in [0.3, 0.4) is 0 Å². The number of nitrogens with zero attached hydrogens (tertiary/aromatic N) is 1. The molecule has 10 heteroatoms. The minimum atomic E-state index is -4.44. The maximum atomic E-state index is 13.2. The van der Waals surface area contributed by atoms with E-state index in [1.165, 1.54) is 6.07 Å². The van der Waals surface area contributed by atoms with Gasteiger partial charge < -0.3 is 4.18 Å². The lowest BCUT2D eigenvalue weighted by atomic mass is 10.3. The van der Waals surface area contributed by atoms with Crippen LogP contribution >= 0.6 is 23.2 Å². The Balaban J connectivity index is 2.47. The summed E-state index contributed by atoms with van der Waals surface area (Å²) in [6, 6.07) is 5.57. The van der Waals surface area contributed by atoms with E-state index in [1.807, 2.05) is 0 Å². The van der Waals surface area contributed by atoms with E-state index in [1.54, 1.807) is 0 Å². The SMILES string of the molecule is O=[N+]([O-])c1ccc(F)cc1OS(=O)(=O)c1ccc(Cl)c(Cl)c1. The monoisotopic (exact) mass is 365 g/mol. The predicted molar refractivity (Wildman–Crippen MR) is 77.3 cm³/mol. The summed E-state index contributed by atoms with van der Waals surface area (Å²) < 4.78 is 42.0. The summed E-state index contributed by atoms with van der Waals surface area (Å²) in [5.41, 5.74) is -0.690. The second-order valence-corrected chi connectivity index (χ2v) is 6.34. The van der Waals surface area contributed by atoms with Gasteiger partial charge in [-0.25, -0.2) is 4.39 Å². The van der Waals surface area contributed by atoms with Gasteiger partial charge in [0.25, 0.3) is 0 Å². The highest BCUT2D eigenvalue weighted by atomic mass is 35.5. The zero-order valence-corrected chi connectivity index (χ0v) is 12.8. The molecule has 22 heavy (non-hydrogen) atoms. The summed E-state index contributed by atoms with van der Waals surface area (Å²) >= 11 is 11.4. The summed E-state index contributed by atoms with van der Waals surface area (Å²) in [6.07, 6.45) is 0. The van der Waals surface area contributed by atoms with Crippen molar-refractivity contribution < 1.29 is 21.9 Å². The molecule has 0 aliphatic rings. The molecule has 6 nitrogen and oxygen atoms in total. The average Bonchev–Trinajstić information content (AvgIpc) is 2.41. The van der Waals surface area contributed by atoms with Gasteiger partial charge in [0.2, 0.25) is 5.75 Å². The number of hydrogen-bond donors (Lipinski definition) is 0. The van der Waals surface area contributed by atoms with Gasteiger partial charge in [-0.05, 0) is 24.3 Å². The first-order valence-electron chi connectivity index (χ1n) is 5.54. The van der Waals surface area contributed by atoms with Crippen LogP contribution in [0.1, 0.15) is 0 Å². The molecule has 0 amide bonds. The number of nitro benzene ring substituents is 1. The summed E-state index contributed by atoms with van der Waals surface area (Å²) in [5, 5.41) is 10.9. The van der Waals surface area contributed by atoms with Gasteiger partial charge in [-0.1, -0.05) is 23.2 Å². The number of halogens is 3. The summed E-state index contributed by atoms with van der Waals surface area (Å²) in [6.45, 7) is 0. The molecule has 116 valence electrons. The minimum Gasteiger partial charge on any atom is -0.371 e. The van der Waals surface area contributed by atoms with E-state index in [4.69, 9.17) is 23.2 Å². The Hall–Kier alpha value is -1.90. The molecule has 0 saturated heterocycles. The van der Waals surface area contributed by atoms with E-state index < -0.39 is 32.3 Å². The van der Waals surface area contributed by atoms with E-state index >= 15 is 0 Å². The van der Waals surface area contributed by atoms with Crippen molar-refractivity contribution in [2.45, 2.75) is 4.90 Å². The molecule has 0 atom stereocenters. The Morgan fingerprint density at radius 3 is 2.36 bits per heavy atom. The standard InChI is InChI=1S/C12H6Cl2FNO5S/c13-9-3-2-8(6-10(9)14)22(19,20)21-12-5-7(15)1-4-11(12)16(17)18/h1-6H. The Labute approximate surface area is 134 Å². The number of rotatable bonds is 4. The van der Waals surface area contributed by atoms with Crippen molar-refractivity contribution in [3.05, 3.63) is 62.4 Å². The molecule has 0 spiro atoms. The van der Waals surface area contributed by atoms with Crippen LogP contribution in [0.15, 0.2) is 41.3 Å². The highest BCUT2D eigenvalue weighted by Gasteiger charge is 2.24. The first-order valence-corrected chi connectivity index (χ1v) is 7.70. The topological polar surface area (TPSA) is 86.5 Å². The van der Waals surface area contributed by atoms with Crippen molar-refractivity contribution in [1.29, 1.82) is 0 Å². The van der Waals surface area contributed by atoms with Crippen molar-refractivity contribution >= 4 is 39.0 Å². The van der Waals surface area contributed by atoms with E-state index in [2.05, 4.69) is 4.18 Å². The summed E-state index contributed by atoms with van der Waals surface area (Å²) in [5.74, 6) is -1.62. The summed E-state index contributed by atoms with van der Waals surface area (Å²) in [7, 11) is -4.44. The zero-order chi connectivity index (χ0) is 16.5. The molecular formula is C12H6Cl2FNO5S. The van der Waals surface area contributed by atoms with Crippen molar-refractivity contribution in [1.82, 2.24) is 0 Å². The van der Waals surface area contributed by atoms with Crippen LogP contribution in [0.5, 0.6) is 5.75 Å². The van der Waals surface area contributed by atoms with Crippen LogP contribution in [0.2, 0.25) is 10.0 Å². The largest absolute Gasteiger partial charge is 0.371 e. The van der Waals surface area contributed by atoms with Crippen molar-refractivity contribution in [3.8, 4) is 5.75 Å². The van der Waals surface area contributed by atoms with Gasteiger partial charge in [0.1, 0.15) is 10.7 Å². The van der Waals surface area contributed by atoms with E-state index in [0.29, 0.717) is 6.07 Å². The van der Waals surface area contributed by atoms with Gasteiger partial charge >= 0.3 is 15.8 Å². The fourth-order valence-corrected chi connectivity index (χ4v) is 2.83. The van der Waals surface area contributed by atoms with Gasteiger partial charge in [0.15, 0.2) is 0 Å².